The van der Waals surface area contributed by atoms with Crippen LogP contribution in [0.25, 0.3) is 11.1 Å². The standard InChI is InChI=1S/C31H40F4/c1-2-3-4-6-21-9-14-23(15-10-21)24-16-11-22(12-17-24)13-18-26-29(34)19-25(20-30(26)35)31-27(32)7-5-8-28(31)33/h5,7-8,19-24H,2-4,6,9-18H2,1H3. The van der Waals surface area contributed by atoms with Crippen molar-refractivity contribution in [1.82, 2.24) is 0 Å². The Morgan fingerprint density at radius 1 is 0.657 bits per heavy atom. The van der Waals surface area contributed by atoms with Gasteiger partial charge in [0.1, 0.15) is 23.3 Å². The number of rotatable bonds is 9. The van der Waals surface area contributed by atoms with E-state index >= 15 is 0 Å². The highest BCUT2D eigenvalue weighted by molar-refractivity contribution is 5.65. The van der Waals surface area contributed by atoms with Crippen LogP contribution in [0.2, 0.25) is 0 Å². The van der Waals surface area contributed by atoms with Gasteiger partial charge in [-0.3, -0.25) is 0 Å². The van der Waals surface area contributed by atoms with Gasteiger partial charge in [-0.15, -0.1) is 0 Å². The third-order valence-corrected chi connectivity index (χ3v) is 8.86. The predicted molar refractivity (Wildman–Crippen MR) is 135 cm³/mol. The van der Waals surface area contributed by atoms with Crippen molar-refractivity contribution in [2.75, 3.05) is 0 Å². The Bertz CT molecular complexity index is 909. The molecule has 0 aromatic heterocycles. The van der Waals surface area contributed by atoms with E-state index in [1.54, 1.807) is 0 Å². The third-order valence-electron chi connectivity index (χ3n) is 8.86. The molecule has 0 spiro atoms. The monoisotopic (exact) mass is 488 g/mol. The van der Waals surface area contributed by atoms with Crippen LogP contribution in [0.1, 0.15) is 96.0 Å². The molecule has 0 N–H and O–H groups in total. The zero-order valence-corrected chi connectivity index (χ0v) is 21.1. The van der Waals surface area contributed by atoms with Gasteiger partial charge in [0.15, 0.2) is 0 Å². The first-order valence-electron chi connectivity index (χ1n) is 13.9. The summed E-state index contributed by atoms with van der Waals surface area (Å²) in [5, 5.41) is 0. The van der Waals surface area contributed by atoms with Crippen LogP contribution in [-0.2, 0) is 6.42 Å². The van der Waals surface area contributed by atoms with Crippen LogP contribution in [0.15, 0.2) is 30.3 Å². The van der Waals surface area contributed by atoms with E-state index in [4.69, 9.17) is 0 Å². The first-order valence-corrected chi connectivity index (χ1v) is 13.9. The molecule has 0 aliphatic heterocycles. The maximum Gasteiger partial charge on any atom is 0.133 e. The number of halogens is 4. The van der Waals surface area contributed by atoms with Crippen molar-refractivity contribution in [3.8, 4) is 11.1 Å². The highest BCUT2D eigenvalue weighted by Gasteiger charge is 2.31. The molecule has 2 aliphatic carbocycles. The van der Waals surface area contributed by atoms with Gasteiger partial charge < -0.3 is 0 Å². The first kappa shape index (κ1) is 26.2. The fourth-order valence-electron chi connectivity index (χ4n) is 6.69. The summed E-state index contributed by atoms with van der Waals surface area (Å²) in [6, 6.07) is 5.56. The molecule has 0 unspecified atom stereocenters. The third kappa shape index (κ3) is 6.68. The minimum atomic E-state index is -0.821. The molecule has 0 radical (unpaired) electrons. The van der Waals surface area contributed by atoms with Crippen molar-refractivity contribution < 1.29 is 17.6 Å². The molecule has 0 bridgehead atoms. The summed E-state index contributed by atoms with van der Waals surface area (Å²) in [4.78, 5) is 0. The molecule has 4 rings (SSSR count). The zero-order chi connectivity index (χ0) is 24.8. The Hall–Kier alpha value is -1.84. The zero-order valence-electron chi connectivity index (χ0n) is 21.1. The van der Waals surface area contributed by atoms with Gasteiger partial charge in [0.05, 0.1) is 5.56 Å². The van der Waals surface area contributed by atoms with Crippen LogP contribution < -0.4 is 0 Å². The van der Waals surface area contributed by atoms with Gasteiger partial charge in [0, 0.05) is 5.56 Å². The number of benzene rings is 2. The lowest BCUT2D eigenvalue weighted by Crippen LogP contribution is -2.26. The van der Waals surface area contributed by atoms with Crippen LogP contribution in [0.3, 0.4) is 0 Å². The molecule has 0 heterocycles. The molecule has 2 fully saturated rings. The lowest BCUT2D eigenvalue weighted by molar-refractivity contribution is 0.140. The fourth-order valence-corrected chi connectivity index (χ4v) is 6.69. The lowest BCUT2D eigenvalue weighted by atomic mass is 9.68. The average molecular weight is 489 g/mol. The van der Waals surface area contributed by atoms with E-state index < -0.39 is 23.3 Å². The van der Waals surface area contributed by atoms with Crippen LogP contribution in [0.4, 0.5) is 17.6 Å². The average Bonchev–Trinajstić information content (AvgIpc) is 2.84. The van der Waals surface area contributed by atoms with E-state index in [1.807, 2.05) is 0 Å². The number of unbranched alkanes of at least 4 members (excludes halogenated alkanes) is 2. The summed E-state index contributed by atoms with van der Waals surface area (Å²) in [5.41, 5.74) is -0.445. The summed E-state index contributed by atoms with van der Waals surface area (Å²) >= 11 is 0. The Labute approximate surface area is 208 Å². The van der Waals surface area contributed by atoms with Crippen LogP contribution in [-0.4, -0.2) is 0 Å². The molecular formula is C31H40F4. The Morgan fingerprint density at radius 2 is 1.17 bits per heavy atom. The van der Waals surface area contributed by atoms with E-state index in [0.717, 1.165) is 61.3 Å². The summed E-state index contributed by atoms with van der Waals surface area (Å²) in [7, 11) is 0. The van der Waals surface area contributed by atoms with Gasteiger partial charge in [0.2, 0.25) is 0 Å². The topological polar surface area (TPSA) is 0 Å². The van der Waals surface area contributed by atoms with E-state index in [-0.39, 0.29) is 16.7 Å². The molecule has 2 aromatic rings. The quantitative estimate of drug-likeness (QED) is 0.243. The summed E-state index contributed by atoms with van der Waals surface area (Å²) in [6.45, 7) is 2.27. The minimum Gasteiger partial charge on any atom is -0.207 e. The maximum atomic E-state index is 14.8. The number of hydrogen-bond donors (Lipinski definition) is 0. The van der Waals surface area contributed by atoms with Crippen molar-refractivity contribution in [2.45, 2.75) is 96.8 Å². The molecule has 0 atom stereocenters. The predicted octanol–water partition coefficient (Wildman–Crippen LogP) is 10.0. The second-order valence-corrected chi connectivity index (χ2v) is 11.1. The van der Waals surface area contributed by atoms with E-state index in [9.17, 15) is 17.6 Å². The van der Waals surface area contributed by atoms with Gasteiger partial charge in [-0.05, 0) is 92.0 Å². The van der Waals surface area contributed by atoms with Gasteiger partial charge in [-0.25, -0.2) is 17.6 Å². The van der Waals surface area contributed by atoms with Crippen molar-refractivity contribution in [3.05, 3.63) is 59.2 Å². The van der Waals surface area contributed by atoms with Gasteiger partial charge >= 0.3 is 0 Å². The lowest BCUT2D eigenvalue weighted by Gasteiger charge is -2.38. The van der Waals surface area contributed by atoms with Crippen molar-refractivity contribution in [3.63, 3.8) is 0 Å². The van der Waals surface area contributed by atoms with Gasteiger partial charge in [-0.2, -0.15) is 0 Å². The van der Waals surface area contributed by atoms with Crippen LogP contribution in [0, 0.1) is 46.9 Å². The molecule has 0 amide bonds. The Balaban J connectivity index is 1.26. The van der Waals surface area contributed by atoms with E-state index in [0.29, 0.717) is 12.3 Å². The van der Waals surface area contributed by atoms with Crippen LogP contribution >= 0.6 is 0 Å². The number of hydrogen-bond acceptors (Lipinski definition) is 0. The smallest absolute Gasteiger partial charge is 0.133 e. The highest BCUT2D eigenvalue weighted by atomic mass is 19.1. The molecule has 0 saturated heterocycles. The van der Waals surface area contributed by atoms with Gasteiger partial charge in [0.25, 0.3) is 0 Å². The van der Waals surface area contributed by atoms with Crippen LogP contribution in [0.5, 0.6) is 0 Å². The Kier molecular flexibility index (Phi) is 9.30. The fraction of sp³-hybridized carbons (Fsp3) is 0.613. The second kappa shape index (κ2) is 12.4. The molecular weight excluding hydrogens is 448 g/mol. The van der Waals surface area contributed by atoms with E-state index in [1.165, 1.54) is 70.3 Å². The normalized spacial score (nSPS) is 25.1. The molecule has 35 heavy (non-hydrogen) atoms. The molecule has 2 aliphatic rings. The molecule has 0 nitrogen and oxygen atoms in total. The van der Waals surface area contributed by atoms with Crippen molar-refractivity contribution in [2.24, 2.45) is 23.7 Å². The SMILES string of the molecule is CCCCCC1CCC(C2CCC(CCc3c(F)cc(-c4c(F)cccc4F)cc3F)CC2)CC1. The first-order chi connectivity index (χ1) is 17.0. The second-order valence-electron chi connectivity index (χ2n) is 11.1. The largest absolute Gasteiger partial charge is 0.207 e. The molecule has 192 valence electrons. The molecule has 2 aromatic carbocycles. The van der Waals surface area contributed by atoms with Crippen molar-refractivity contribution in [1.29, 1.82) is 0 Å². The highest BCUT2D eigenvalue weighted by Crippen LogP contribution is 2.43. The van der Waals surface area contributed by atoms with Crippen molar-refractivity contribution >= 4 is 0 Å². The molecule has 4 heteroatoms. The summed E-state index contributed by atoms with van der Waals surface area (Å²) < 4.78 is 57.6. The summed E-state index contributed by atoms with van der Waals surface area (Å²) in [6.07, 6.45) is 16.9. The Morgan fingerprint density at radius 3 is 1.69 bits per heavy atom. The summed E-state index contributed by atoms with van der Waals surface area (Å²) in [5.74, 6) is 0.0702. The minimum absolute atomic E-state index is 0.0361. The van der Waals surface area contributed by atoms with E-state index in [2.05, 4.69) is 6.92 Å². The molecule has 2 saturated carbocycles. The van der Waals surface area contributed by atoms with Gasteiger partial charge in [-0.1, -0.05) is 64.4 Å². The maximum absolute atomic E-state index is 14.8.